The van der Waals surface area contributed by atoms with E-state index in [0.717, 1.165) is 23.0 Å². The normalized spacial score (nSPS) is 11.0. The van der Waals surface area contributed by atoms with E-state index in [1.807, 2.05) is 18.4 Å². The van der Waals surface area contributed by atoms with Crippen molar-refractivity contribution < 1.29 is 4.79 Å². The van der Waals surface area contributed by atoms with E-state index in [2.05, 4.69) is 32.6 Å². The monoisotopic (exact) mass is 326 g/mol. The Balaban J connectivity index is 1.85. The molecule has 0 unspecified atom stereocenters. The second-order valence-corrected chi connectivity index (χ2v) is 6.71. The molecule has 9 heteroatoms. The molecule has 0 aromatic carbocycles. The Morgan fingerprint density at radius 3 is 2.95 bits per heavy atom. The number of aromatic nitrogens is 5. The molecule has 0 aliphatic rings. The summed E-state index contributed by atoms with van der Waals surface area (Å²) in [7, 11) is 0. The van der Waals surface area contributed by atoms with Crippen LogP contribution in [0.2, 0.25) is 0 Å². The fraction of sp³-hybridized carbons (Fsp3) is 0.583. The number of nitrogens with one attached hydrogen (secondary N) is 1. The predicted molar refractivity (Wildman–Crippen MR) is 83.7 cm³/mol. The van der Waals surface area contributed by atoms with Crippen LogP contribution in [-0.4, -0.2) is 36.6 Å². The first kappa shape index (κ1) is 15.9. The van der Waals surface area contributed by atoms with Crippen LogP contribution >= 0.6 is 23.1 Å². The Morgan fingerprint density at radius 1 is 1.43 bits per heavy atom. The summed E-state index contributed by atoms with van der Waals surface area (Å²) in [6.45, 7) is 6.18. The fourth-order valence-electron chi connectivity index (χ4n) is 1.59. The number of carbonyl (C=O) groups is 1. The Labute approximate surface area is 131 Å². The lowest BCUT2D eigenvalue weighted by Gasteiger charge is -2.08. The van der Waals surface area contributed by atoms with Crippen molar-refractivity contribution >= 4 is 34.1 Å². The second-order valence-electron chi connectivity index (χ2n) is 4.70. The zero-order valence-corrected chi connectivity index (χ0v) is 13.9. The maximum Gasteiger partial charge on any atom is 0.236 e. The van der Waals surface area contributed by atoms with Gasteiger partial charge in [0.2, 0.25) is 11.0 Å². The summed E-state index contributed by atoms with van der Waals surface area (Å²) in [4.78, 5) is 11.9. The van der Waals surface area contributed by atoms with Crippen LogP contribution in [0.1, 0.15) is 38.2 Å². The van der Waals surface area contributed by atoms with Gasteiger partial charge < -0.3 is 4.57 Å². The third kappa shape index (κ3) is 4.50. The Kier molecular flexibility index (Phi) is 5.68. The molecule has 0 aliphatic heterocycles. The summed E-state index contributed by atoms with van der Waals surface area (Å²) < 4.78 is 1.93. The van der Waals surface area contributed by atoms with Gasteiger partial charge in [0.15, 0.2) is 5.16 Å². The Bertz CT molecular complexity index is 594. The van der Waals surface area contributed by atoms with Gasteiger partial charge in [0.25, 0.3) is 0 Å². The van der Waals surface area contributed by atoms with E-state index in [0.29, 0.717) is 5.13 Å². The Morgan fingerprint density at radius 2 is 2.24 bits per heavy atom. The number of hydrogen-bond donors (Lipinski definition) is 1. The van der Waals surface area contributed by atoms with E-state index in [1.165, 1.54) is 23.1 Å². The van der Waals surface area contributed by atoms with Gasteiger partial charge >= 0.3 is 0 Å². The predicted octanol–water partition coefficient (Wildman–Crippen LogP) is 2.39. The van der Waals surface area contributed by atoms with Gasteiger partial charge in [-0.25, -0.2) is 0 Å². The number of aryl methyl sites for hydroxylation is 1. The van der Waals surface area contributed by atoms with E-state index in [4.69, 9.17) is 0 Å². The molecule has 0 aliphatic carbocycles. The van der Waals surface area contributed by atoms with Gasteiger partial charge in [-0.05, 0) is 20.3 Å². The van der Waals surface area contributed by atoms with Gasteiger partial charge in [0.1, 0.15) is 11.3 Å². The van der Waals surface area contributed by atoms with E-state index >= 15 is 0 Å². The SMILES string of the molecule is CCCc1nnc(NC(=O)CSc2nncn2C(C)C)s1. The van der Waals surface area contributed by atoms with Crippen LogP contribution in [0.5, 0.6) is 0 Å². The standard InChI is InChI=1S/C12H18N6OS2/c1-4-5-10-15-16-11(21-10)14-9(19)6-20-12-17-13-7-18(12)8(2)3/h7-8H,4-6H2,1-3H3,(H,14,16,19). The van der Waals surface area contributed by atoms with E-state index in [-0.39, 0.29) is 17.7 Å². The fourth-order valence-corrected chi connectivity index (χ4v) is 3.30. The van der Waals surface area contributed by atoms with Crippen LogP contribution in [0, 0.1) is 0 Å². The summed E-state index contributed by atoms with van der Waals surface area (Å²) in [6, 6.07) is 0.269. The lowest BCUT2D eigenvalue weighted by atomic mass is 10.4. The molecule has 1 amide bonds. The summed E-state index contributed by atoms with van der Waals surface area (Å²) in [5, 5.41) is 20.9. The highest BCUT2D eigenvalue weighted by molar-refractivity contribution is 7.99. The molecule has 21 heavy (non-hydrogen) atoms. The first-order chi connectivity index (χ1) is 10.1. The number of nitrogens with zero attached hydrogens (tertiary/aromatic N) is 5. The molecule has 7 nitrogen and oxygen atoms in total. The van der Waals surface area contributed by atoms with Crippen molar-refractivity contribution in [2.75, 3.05) is 11.1 Å². The summed E-state index contributed by atoms with van der Waals surface area (Å²) in [5.41, 5.74) is 0. The van der Waals surface area contributed by atoms with Crippen molar-refractivity contribution in [1.29, 1.82) is 0 Å². The van der Waals surface area contributed by atoms with Gasteiger partial charge in [0.05, 0.1) is 5.75 Å². The summed E-state index contributed by atoms with van der Waals surface area (Å²) >= 11 is 2.78. The minimum absolute atomic E-state index is 0.113. The first-order valence-electron chi connectivity index (χ1n) is 6.74. The van der Waals surface area contributed by atoms with Crippen molar-refractivity contribution in [2.24, 2.45) is 0 Å². The van der Waals surface area contributed by atoms with Gasteiger partial charge in [-0.2, -0.15) is 0 Å². The van der Waals surface area contributed by atoms with Crippen molar-refractivity contribution in [2.45, 2.75) is 44.8 Å². The molecular formula is C12H18N6OS2. The van der Waals surface area contributed by atoms with Crippen LogP contribution in [0.15, 0.2) is 11.5 Å². The van der Waals surface area contributed by atoms with Crippen LogP contribution in [0.4, 0.5) is 5.13 Å². The van der Waals surface area contributed by atoms with E-state index in [1.54, 1.807) is 6.33 Å². The topological polar surface area (TPSA) is 85.6 Å². The maximum absolute atomic E-state index is 11.9. The zero-order valence-electron chi connectivity index (χ0n) is 12.2. The molecule has 0 spiro atoms. The molecular weight excluding hydrogens is 308 g/mol. The van der Waals surface area contributed by atoms with Gasteiger partial charge in [-0.1, -0.05) is 30.0 Å². The third-order valence-electron chi connectivity index (χ3n) is 2.61. The smallest absolute Gasteiger partial charge is 0.236 e. The zero-order chi connectivity index (χ0) is 15.2. The quantitative estimate of drug-likeness (QED) is 0.786. The number of anilines is 1. The van der Waals surface area contributed by atoms with Crippen molar-refractivity contribution in [1.82, 2.24) is 25.0 Å². The average molecular weight is 326 g/mol. The van der Waals surface area contributed by atoms with Crippen LogP contribution in [0.25, 0.3) is 0 Å². The molecule has 0 saturated carbocycles. The minimum atomic E-state index is -0.113. The van der Waals surface area contributed by atoms with Gasteiger partial charge in [0, 0.05) is 12.5 Å². The summed E-state index contributed by atoms with van der Waals surface area (Å²) in [5.74, 6) is 0.159. The molecule has 0 fully saturated rings. The molecule has 114 valence electrons. The lowest BCUT2D eigenvalue weighted by Crippen LogP contribution is -2.14. The Hall–Kier alpha value is -1.48. The molecule has 0 bridgehead atoms. The minimum Gasteiger partial charge on any atom is -0.306 e. The molecule has 2 aromatic heterocycles. The molecule has 2 rings (SSSR count). The number of rotatable bonds is 7. The van der Waals surface area contributed by atoms with Crippen molar-refractivity contribution in [3.63, 3.8) is 0 Å². The van der Waals surface area contributed by atoms with Crippen LogP contribution < -0.4 is 5.32 Å². The number of carbonyl (C=O) groups excluding carboxylic acids is 1. The van der Waals surface area contributed by atoms with Crippen LogP contribution in [-0.2, 0) is 11.2 Å². The third-order valence-corrected chi connectivity index (χ3v) is 4.46. The number of amides is 1. The average Bonchev–Trinajstić information content (AvgIpc) is 3.06. The molecule has 0 saturated heterocycles. The maximum atomic E-state index is 11.9. The number of hydrogen-bond acceptors (Lipinski definition) is 7. The first-order valence-corrected chi connectivity index (χ1v) is 8.55. The van der Waals surface area contributed by atoms with Crippen LogP contribution in [0.3, 0.4) is 0 Å². The second kappa shape index (κ2) is 7.51. The number of thioether (sulfide) groups is 1. The highest BCUT2D eigenvalue weighted by Gasteiger charge is 2.12. The molecule has 1 N–H and O–H groups in total. The highest BCUT2D eigenvalue weighted by atomic mass is 32.2. The summed E-state index contributed by atoms with van der Waals surface area (Å²) in [6.07, 6.45) is 3.58. The van der Waals surface area contributed by atoms with Crippen molar-refractivity contribution in [3.8, 4) is 0 Å². The molecule has 2 aromatic rings. The molecule has 0 atom stereocenters. The van der Waals surface area contributed by atoms with E-state index in [9.17, 15) is 4.79 Å². The van der Waals surface area contributed by atoms with E-state index < -0.39 is 0 Å². The van der Waals surface area contributed by atoms with Gasteiger partial charge in [-0.3, -0.25) is 10.1 Å². The molecule has 0 radical (unpaired) electrons. The van der Waals surface area contributed by atoms with Crippen molar-refractivity contribution in [3.05, 3.63) is 11.3 Å². The lowest BCUT2D eigenvalue weighted by molar-refractivity contribution is -0.113. The highest BCUT2D eigenvalue weighted by Crippen LogP contribution is 2.20. The largest absolute Gasteiger partial charge is 0.306 e. The van der Waals surface area contributed by atoms with Gasteiger partial charge in [-0.15, -0.1) is 20.4 Å². The molecule has 2 heterocycles.